The average molecular weight is 197 g/mol. The second kappa shape index (κ2) is 4.57. The lowest BCUT2D eigenvalue weighted by Crippen LogP contribution is -2.45. The van der Waals surface area contributed by atoms with E-state index in [0.29, 0.717) is 0 Å². The number of aliphatic hydroxyl groups is 1. The summed E-state index contributed by atoms with van der Waals surface area (Å²) in [5, 5.41) is 12.9. The molecule has 0 aromatic carbocycles. The molecule has 1 aromatic rings. The first-order chi connectivity index (χ1) is 6.50. The third-order valence-electron chi connectivity index (χ3n) is 2.44. The monoisotopic (exact) mass is 197 g/mol. The predicted molar refractivity (Wildman–Crippen MR) is 56.0 cm³/mol. The summed E-state index contributed by atoms with van der Waals surface area (Å²) in [4.78, 5) is 3.95. The van der Waals surface area contributed by atoms with Gasteiger partial charge >= 0.3 is 0 Å². The molecule has 4 nitrogen and oxygen atoms in total. The van der Waals surface area contributed by atoms with Crippen molar-refractivity contribution in [1.82, 2.24) is 14.9 Å². The van der Waals surface area contributed by atoms with Gasteiger partial charge in [-0.05, 0) is 20.8 Å². The summed E-state index contributed by atoms with van der Waals surface area (Å²) < 4.78 is 2.00. The highest BCUT2D eigenvalue weighted by Gasteiger charge is 2.20. The molecule has 0 spiro atoms. The van der Waals surface area contributed by atoms with Gasteiger partial charge in [0.15, 0.2) is 0 Å². The van der Waals surface area contributed by atoms with Crippen molar-refractivity contribution in [3.63, 3.8) is 0 Å². The summed E-state index contributed by atoms with van der Waals surface area (Å²) in [6.45, 7) is 7.31. The molecular weight excluding hydrogens is 178 g/mol. The summed E-state index contributed by atoms with van der Waals surface area (Å²) in [7, 11) is 0. The van der Waals surface area contributed by atoms with Crippen LogP contribution in [0.15, 0.2) is 18.7 Å². The number of hydrogen-bond donors (Lipinski definition) is 2. The summed E-state index contributed by atoms with van der Waals surface area (Å²) >= 11 is 0. The molecule has 80 valence electrons. The Morgan fingerprint density at radius 3 is 2.79 bits per heavy atom. The summed E-state index contributed by atoms with van der Waals surface area (Å²) in [5.74, 6) is 0. The van der Waals surface area contributed by atoms with Crippen molar-refractivity contribution in [1.29, 1.82) is 0 Å². The highest BCUT2D eigenvalue weighted by molar-refractivity contribution is 4.80. The second-order valence-electron chi connectivity index (χ2n) is 4.13. The van der Waals surface area contributed by atoms with Crippen LogP contribution in [-0.4, -0.2) is 32.8 Å². The molecule has 0 aliphatic carbocycles. The Morgan fingerprint density at radius 1 is 1.57 bits per heavy atom. The molecular formula is C10H19N3O. The van der Waals surface area contributed by atoms with Crippen molar-refractivity contribution in [2.75, 3.05) is 6.54 Å². The van der Waals surface area contributed by atoms with Crippen LogP contribution in [0, 0.1) is 0 Å². The molecule has 2 N–H and O–H groups in total. The number of nitrogens with zero attached hydrogens (tertiary/aromatic N) is 2. The third-order valence-corrected chi connectivity index (χ3v) is 2.44. The zero-order chi connectivity index (χ0) is 10.6. The maximum atomic E-state index is 9.66. The van der Waals surface area contributed by atoms with E-state index in [2.05, 4.69) is 10.3 Å². The number of imidazole rings is 1. The van der Waals surface area contributed by atoms with Crippen LogP contribution in [0.2, 0.25) is 0 Å². The van der Waals surface area contributed by atoms with Crippen LogP contribution in [0.4, 0.5) is 0 Å². The van der Waals surface area contributed by atoms with Crippen LogP contribution in [0.1, 0.15) is 20.8 Å². The Morgan fingerprint density at radius 2 is 2.29 bits per heavy atom. The Bertz CT molecular complexity index is 251. The molecule has 4 heteroatoms. The maximum absolute atomic E-state index is 9.66. The van der Waals surface area contributed by atoms with E-state index in [1.807, 2.05) is 31.5 Å². The van der Waals surface area contributed by atoms with Gasteiger partial charge in [0.2, 0.25) is 0 Å². The lowest BCUT2D eigenvalue weighted by atomic mass is 10.0. The minimum Gasteiger partial charge on any atom is -0.389 e. The summed E-state index contributed by atoms with van der Waals surface area (Å²) in [6, 6.07) is 0.0889. The minimum atomic E-state index is -0.672. The Kier molecular flexibility index (Phi) is 3.66. The van der Waals surface area contributed by atoms with Crippen LogP contribution >= 0.6 is 0 Å². The Balaban J connectivity index is 2.22. The van der Waals surface area contributed by atoms with Crippen LogP contribution in [0.3, 0.4) is 0 Å². The maximum Gasteiger partial charge on any atom is 0.0946 e. The molecule has 1 rings (SSSR count). The van der Waals surface area contributed by atoms with Gasteiger partial charge in [-0.15, -0.1) is 0 Å². The molecule has 0 fully saturated rings. The van der Waals surface area contributed by atoms with Crippen molar-refractivity contribution in [2.24, 2.45) is 0 Å². The molecule has 1 heterocycles. The van der Waals surface area contributed by atoms with E-state index in [9.17, 15) is 5.11 Å². The summed E-state index contributed by atoms with van der Waals surface area (Å²) in [5.41, 5.74) is -0.672. The van der Waals surface area contributed by atoms with Crippen molar-refractivity contribution in [3.05, 3.63) is 18.7 Å². The highest BCUT2D eigenvalue weighted by atomic mass is 16.3. The van der Waals surface area contributed by atoms with E-state index < -0.39 is 5.60 Å². The molecule has 0 saturated carbocycles. The molecule has 14 heavy (non-hydrogen) atoms. The SMILES string of the molecule is CC(NCCn1ccnc1)C(C)(C)O. The molecule has 0 aliphatic rings. The van der Waals surface area contributed by atoms with Gasteiger partial charge in [-0.2, -0.15) is 0 Å². The van der Waals surface area contributed by atoms with E-state index in [0.717, 1.165) is 13.1 Å². The standard InChI is InChI=1S/C10H19N3O/c1-9(10(2,3)14)12-5-7-13-6-4-11-8-13/h4,6,8-9,12,14H,5,7H2,1-3H3. The van der Waals surface area contributed by atoms with Crippen LogP contribution in [0.25, 0.3) is 0 Å². The lowest BCUT2D eigenvalue weighted by molar-refractivity contribution is 0.0442. The van der Waals surface area contributed by atoms with Crippen molar-refractivity contribution in [2.45, 2.75) is 39.0 Å². The third kappa shape index (κ3) is 3.47. The van der Waals surface area contributed by atoms with Crippen molar-refractivity contribution < 1.29 is 5.11 Å². The molecule has 0 amide bonds. The normalized spacial score (nSPS) is 14.3. The number of rotatable bonds is 5. The molecule has 0 saturated heterocycles. The quantitative estimate of drug-likeness (QED) is 0.728. The lowest BCUT2D eigenvalue weighted by Gasteiger charge is -2.26. The van der Waals surface area contributed by atoms with Gasteiger partial charge in [0.05, 0.1) is 11.9 Å². The smallest absolute Gasteiger partial charge is 0.0946 e. The van der Waals surface area contributed by atoms with Crippen LogP contribution in [0.5, 0.6) is 0 Å². The average Bonchev–Trinajstić information content (AvgIpc) is 2.55. The molecule has 1 unspecified atom stereocenters. The topological polar surface area (TPSA) is 50.1 Å². The van der Waals surface area contributed by atoms with Gasteiger partial charge in [0, 0.05) is 31.5 Å². The molecule has 0 aliphatic heterocycles. The van der Waals surface area contributed by atoms with E-state index in [-0.39, 0.29) is 6.04 Å². The van der Waals surface area contributed by atoms with Gasteiger partial charge in [0.25, 0.3) is 0 Å². The van der Waals surface area contributed by atoms with Gasteiger partial charge in [-0.3, -0.25) is 0 Å². The largest absolute Gasteiger partial charge is 0.389 e. The molecule has 1 aromatic heterocycles. The number of hydrogen-bond acceptors (Lipinski definition) is 3. The van der Waals surface area contributed by atoms with Crippen molar-refractivity contribution >= 4 is 0 Å². The first kappa shape index (κ1) is 11.2. The fourth-order valence-electron chi connectivity index (χ4n) is 1.08. The first-order valence-electron chi connectivity index (χ1n) is 4.91. The number of nitrogens with one attached hydrogen (secondary N) is 1. The van der Waals surface area contributed by atoms with E-state index in [1.165, 1.54) is 0 Å². The van der Waals surface area contributed by atoms with Gasteiger partial charge in [-0.25, -0.2) is 4.98 Å². The Hall–Kier alpha value is -0.870. The van der Waals surface area contributed by atoms with Crippen LogP contribution in [-0.2, 0) is 6.54 Å². The second-order valence-corrected chi connectivity index (χ2v) is 4.13. The zero-order valence-electron chi connectivity index (χ0n) is 9.07. The van der Waals surface area contributed by atoms with E-state index >= 15 is 0 Å². The molecule has 0 radical (unpaired) electrons. The Labute approximate surface area is 85.0 Å². The van der Waals surface area contributed by atoms with Gasteiger partial charge in [0.1, 0.15) is 0 Å². The fourth-order valence-corrected chi connectivity index (χ4v) is 1.08. The minimum absolute atomic E-state index is 0.0889. The molecule has 1 atom stereocenters. The van der Waals surface area contributed by atoms with E-state index in [1.54, 1.807) is 12.5 Å². The predicted octanol–water partition coefficient (Wildman–Crippen LogP) is 0.632. The molecule has 0 bridgehead atoms. The zero-order valence-corrected chi connectivity index (χ0v) is 9.07. The van der Waals surface area contributed by atoms with Gasteiger partial charge < -0.3 is 15.0 Å². The fraction of sp³-hybridized carbons (Fsp3) is 0.700. The summed E-state index contributed by atoms with van der Waals surface area (Å²) in [6.07, 6.45) is 5.48. The van der Waals surface area contributed by atoms with Gasteiger partial charge in [-0.1, -0.05) is 0 Å². The number of aromatic nitrogens is 2. The van der Waals surface area contributed by atoms with Crippen LogP contribution < -0.4 is 5.32 Å². The van der Waals surface area contributed by atoms with Crippen molar-refractivity contribution in [3.8, 4) is 0 Å². The first-order valence-corrected chi connectivity index (χ1v) is 4.91. The van der Waals surface area contributed by atoms with E-state index in [4.69, 9.17) is 0 Å². The highest BCUT2D eigenvalue weighted by Crippen LogP contribution is 2.06.